The minimum Gasteiger partial charge on any atom is -0.408 e. The Kier molecular flexibility index (Phi) is 4.63. The van der Waals surface area contributed by atoms with Crippen LogP contribution < -0.4 is 0 Å². The number of aromatic nitrogens is 4. The summed E-state index contributed by atoms with van der Waals surface area (Å²) < 4.78 is 57.5. The fourth-order valence-corrected chi connectivity index (χ4v) is 3.17. The van der Waals surface area contributed by atoms with Gasteiger partial charge in [-0.1, -0.05) is 30.1 Å². The van der Waals surface area contributed by atoms with Crippen LogP contribution in [0.1, 0.15) is 13.8 Å². The van der Waals surface area contributed by atoms with E-state index in [2.05, 4.69) is 20.4 Å². The van der Waals surface area contributed by atoms with Crippen molar-refractivity contribution < 1.29 is 25.7 Å². The van der Waals surface area contributed by atoms with Gasteiger partial charge in [0.25, 0.3) is 0 Å². The summed E-state index contributed by atoms with van der Waals surface area (Å²) in [5.41, 5.74) is 0.844. The lowest BCUT2D eigenvalue weighted by Gasteiger charge is -1.98. The van der Waals surface area contributed by atoms with Crippen molar-refractivity contribution in [2.24, 2.45) is 0 Å². The van der Waals surface area contributed by atoms with Gasteiger partial charge >= 0.3 is 10.4 Å². The molecule has 0 aliphatic heterocycles. The van der Waals surface area contributed by atoms with Crippen LogP contribution in [0.15, 0.2) is 43.5 Å². The van der Waals surface area contributed by atoms with Crippen LogP contribution in [-0.4, -0.2) is 48.7 Å². The Morgan fingerprint density at radius 2 is 1.19 bits per heavy atom. The van der Waals surface area contributed by atoms with Crippen molar-refractivity contribution in [2.75, 3.05) is 11.5 Å². The molecular weight excluding hydrogens is 384 g/mol. The highest BCUT2D eigenvalue weighted by molar-refractivity contribution is 7.91. The maximum absolute atomic E-state index is 11.8. The van der Waals surface area contributed by atoms with Gasteiger partial charge in [-0.3, -0.25) is 0 Å². The van der Waals surface area contributed by atoms with Crippen molar-refractivity contribution >= 4 is 19.7 Å². The van der Waals surface area contributed by atoms with E-state index in [1.165, 1.54) is 13.8 Å². The molecule has 3 aromatic rings. The highest BCUT2D eigenvalue weighted by atomic mass is 32.2. The predicted molar refractivity (Wildman–Crippen MR) is 88.5 cm³/mol. The van der Waals surface area contributed by atoms with E-state index >= 15 is 0 Å². The summed E-state index contributed by atoms with van der Waals surface area (Å²) in [6.45, 7) is 2.94. The molecular formula is C14H14N4O6S2. The Morgan fingerprint density at radius 3 is 1.58 bits per heavy atom. The van der Waals surface area contributed by atoms with Gasteiger partial charge in [-0.15, -0.1) is 10.2 Å². The molecule has 0 aliphatic rings. The van der Waals surface area contributed by atoms with Gasteiger partial charge in [0, 0.05) is 11.1 Å². The number of nitrogens with zero attached hydrogens (tertiary/aromatic N) is 4. The molecule has 3 rings (SSSR count). The van der Waals surface area contributed by atoms with Crippen molar-refractivity contribution in [3.63, 3.8) is 0 Å². The van der Waals surface area contributed by atoms with Crippen LogP contribution in [0.3, 0.4) is 0 Å². The topological polar surface area (TPSA) is 146 Å². The first-order chi connectivity index (χ1) is 12.3. The zero-order valence-corrected chi connectivity index (χ0v) is 15.4. The molecule has 0 N–H and O–H groups in total. The van der Waals surface area contributed by atoms with Crippen molar-refractivity contribution in [3.05, 3.63) is 24.3 Å². The standard InChI is InChI=1S/C14H14N4O6S2/c1-3-25(19,20)13-17-15-11(23-13)9-6-5-7-10(8-9)12-16-18-14(24-12)26(21,22)4-2/h5-8H,3-4H2,1-2H3. The van der Waals surface area contributed by atoms with E-state index in [-0.39, 0.29) is 23.3 Å². The molecule has 2 aromatic heterocycles. The van der Waals surface area contributed by atoms with Crippen LogP contribution >= 0.6 is 0 Å². The summed E-state index contributed by atoms with van der Waals surface area (Å²) in [6.07, 6.45) is 0. The predicted octanol–water partition coefficient (Wildman–Crippen LogP) is 1.37. The molecule has 1 aromatic carbocycles. The van der Waals surface area contributed by atoms with Gasteiger partial charge in [-0.2, -0.15) is 0 Å². The minimum atomic E-state index is -3.61. The molecule has 0 aliphatic carbocycles. The maximum atomic E-state index is 11.8. The molecule has 0 amide bonds. The summed E-state index contributed by atoms with van der Waals surface area (Å²) in [4.78, 5) is 0. The normalized spacial score (nSPS) is 12.4. The van der Waals surface area contributed by atoms with Gasteiger partial charge in [-0.25, -0.2) is 16.8 Å². The molecule has 0 unspecified atom stereocenters. The third-order valence-corrected chi connectivity index (χ3v) is 6.38. The molecule has 2 heterocycles. The van der Waals surface area contributed by atoms with Crippen LogP contribution in [0.4, 0.5) is 0 Å². The van der Waals surface area contributed by atoms with Gasteiger partial charge in [0.15, 0.2) is 0 Å². The van der Waals surface area contributed by atoms with E-state index in [0.717, 1.165) is 0 Å². The Bertz CT molecular complexity index is 1060. The average Bonchev–Trinajstić information content (AvgIpc) is 3.32. The molecule has 10 nitrogen and oxygen atoms in total. The lowest BCUT2D eigenvalue weighted by atomic mass is 10.1. The van der Waals surface area contributed by atoms with E-state index in [0.29, 0.717) is 11.1 Å². The van der Waals surface area contributed by atoms with Gasteiger partial charge < -0.3 is 8.83 Å². The van der Waals surface area contributed by atoms with Crippen molar-refractivity contribution in [1.82, 2.24) is 20.4 Å². The molecule has 0 spiro atoms. The SMILES string of the molecule is CCS(=O)(=O)c1nnc(-c2cccc(-c3nnc(S(=O)(=O)CC)o3)c2)o1. The first kappa shape index (κ1) is 18.2. The number of benzene rings is 1. The van der Waals surface area contributed by atoms with Gasteiger partial charge in [-0.05, 0) is 18.2 Å². The minimum absolute atomic E-state index is 0.000191. The molecule has 138 valence electrons. The number of hydrogen-bond donors (Lipinski definition) is 0. The first-order valence-electron chi connectivity index (χ1n) is 7.50. The molecule has 12 heteroatoms. The molecule has 0 fully saturated rings. The maximum Gasteiger partial charge on any atom is 0.335 e. The summed E-state index contributed by atoms with van der Waals surface area (Å²) in [6, 6.07) is 6.42. The van der Waals surface area contributed by atoms with Gasteiger partial charge in [0.2, 0.25) is 31.5 Å². The van der Waals surface area contributed by atoms with Crippen molar-refractivity contribution in [3.8, 4) is 22.9 Å². The van der Waals surface area contributed by atoms with Crippen LogP contribution in [0, 0.1) is 0 Å². The quantitative estimate of drug-likeness (QED) is 0.596. The van der Waals surface area contributed by atoms with E-state index in [9.17, 15) is 16.8 Å². The zero-order valence-electron chi connectivity index (χ0n) is 13.8. The van der Waals surface area contributed by atoms with Crippen LogP contribution in [0.25, 0.3) is 22.9 Å². The fourth-order valence-electron chi connectivity index (χ4n) is 1.94. The van der Waals surface area contributed by atoms with Crippen LogP contribution in [0.2, 0.25) is 0 Å². The Labute approximate surface area is 149 Å². The highest BCUT2D eigenvalue weighted by Crippen LogP contribution is 2.26. The first-order valence-corrected chi connectivity index (χ1v) is 10.8. The number of sulfone groups is 2. The molecule has 26 heavy (non-hydrogen) atoms. The Hall–Kier alpha value is -2.60. The van der Waals surface area contributed by atoms with Gasteiger partial charge in [0.05, 0.1) is 11.5 Å². The van der Waals surface area contributed by atoms with Gasteiger partial charge in [0.1, 0.15) is 0 Å². The number of rotatable bonds is 6. The smallest absolute Gasteiger partial charge is 0.335 e. The molecule has 0 radical (unpaired) electrons. The summed E-state index contributed by atoms with van der Waals surface area (Å²) >= 11 is 0. The van der Waals surface area contributed by atoms with E-state index in [1.807, 2.05) is 0 Å². The second kappa shape index (κ2) is 6.61. The molecule has 0 bridgehead atoms. The Morgan fingerprint density at radius 1 is 0.769 bits per heavy atom. The van der Waals surface area contributed by atoms with E-state index in [4.69, 9.17) is 8.83 Å². The molecule has 0 atom stereocenters. The van der Waals surface area contributed by atoms with Crippen LogP contribution in [-0.2, 0) is 19.7 Å². The molecule has 0 saturated carbocycles. The van der Waals surface area contributed by atoms with Crippen molar-refractivity contribution in [1.29, 1.82) is 0 Å². The second-order valence-electron chi connectivity index (χ2n) is 5.13. The molecule has 0 saturated heterocycles. The van der Waals surface area contributed by atoms with E-state index < -0.39 is 30.1 Å². The lowest BCUT2D eigenvalue weighted by Crippen LogP contribution is -2.03. The second-order valence-corrected chi connectivity index (χ2v) is 9.45. The fraction of sp³-hybridized carbons (Fsp3) is 0.286. The summed E-state index contributed by atoms with van der Waals surface area (Å²) in [5.74, 6) is -0.323. The summed E-state index contributed by atoms with van der Waals surface area (Å²) in [5, 5.41) is 13.6. The Balaban J connectivity index is 1.97. The van der Waals surface area contributed by atoms with Crippen LogP contribution in [0.5, 0.6) is 0 Å². The third kappa shape index (κ3) is 3.37. The number of hydrogen-bond acceptors (Lipinski definition) is 10. The van der Waals surface area contributed by atoms with E-state index in [1.54, 1.807) is 24.3 Å². The average molecular weight is 398 g/mol. The monoisotopic (exact) mass is 398 g/mol. The van der Waals surface area contributed by atoms with Crippen molar-refractivity contribution in [2.45, 2.75) is 24.3 Å². The largest absolute Gasteiger partial charge is 0.408 e. The zero-order chi connectivity index (χ0) is 18.9. The summed E-state index contributed by atoms with van der Waals surface area (Å²) in [7, 11) is -7.22. The lowest BCUT2D eigenvalue weighted by molar-refractivity contribution is 0.439. The third-order valence-electron chi connectivity index (χ3n) is 3.46. The highest BCUT2D eigenvalue weighted by Gasteiger charge is 2.23.